The normalized spacial score (nSPS) is 10.4. The van der Waals surface area contributed by atoms with Gasteiger partial charge in [-0.15, -0.1) is 0 Å². The molecule has 0 aliphatic rings. The van der Waals surface area contributed by atoms with E-state index in [1.807, 2.05) is 0 Å². The highest BCUT2D eigenvalue weighted by Gasteiger charge is 2.15. The number of aryl methyl sites for hydroxylation is 2. The van der Waals surface area contributed by atoms with E-state index in [1.54, 1.807) is 19.9 Å². The van der Waals surface area contributed by atoms with Crippen LogP contribution in [0.1, 0.15) is 27.0 Å². The Balaban J connectivity index is 2.53. The zero-order chi connectivity index (χ0) is 13.3. The van der Waals surface area contributed by atoms with Gasteiger partial charge in [-0.25, -0.2) is 8.78 Å². The van der Waals surface area contributed by atoms with E-state index in [0.717, 1.165) is 0 Å². The predicted octanol–water partition coefficient (Wildman–Crippen LogP) is 3.81. The van der Waals surface area contributed by atoms with Gasteiger partial charge in [0, 0.05) is 11.1 Å². The van der Waals surface area contributed by atoms with Crippen molar-refractivity contribution in [3.8, 4) is 0 Å². The van der Waals surface area contributed by atoms with Gasteiger partial charge in [0.25, 0.3) is 0 Å². The summed E-state index contributed by atoms with van der Waals surface area (Å²) in [7, 11) is 0. The molecule has 0 fully saturated rings. The highest BCUT2D eigenvalue weighted by Crippen LogP contribution is 2.20. The van der Waals surface area contributed by atoms with Crippen LogP contribution in [0.25, 0.3) is 0 Å². The summed E-state index contributed by atoms with van der Waals surface area (Å²) in [6.45, 7) is 3.34. The Kier molecular flexibility index (Phi) is 3.24. The summed E-state index contributed by atoms with van der Waals surface area (Å²) in [5.41, 5.74) is 1.82. The van der Waals surface area contributed by atoms with Crippen LogP contribution >= 0.6 is 0 Å². The second-order valence-electron chi connectivity index (χ2n) is 4.25. The third kappa shape index (κ3) is 2.30. The SMILES string of the molecule is Cc1cc(F)cc(C)c1C(=O)c1cccc(F)c1. The fourth-order valence-electron chi connectivity index (χ4n) is 2.04. The van der Waals surface area contributed by atoms with Gasteiger partial charge >= 0.3 is 0 Å². The molecular formula is C15H12F2O. The van der Waals surface area contributed by atoms with Gasteiger partial charge in [0.1, 0.15) is 11.6 Å². The van der Waals surface area contributed by atoms with E-state index in [0.29, 0.717) is 16.7 Å². The molecule has 0 amide bonds. The first kappa shape index (κ1) is 12.4. The van der Waals surface area contributed by atoms with Crippen molar-refractivity contribution in [2.24, 2.45) is 0 Å². The fraction of sp³-hybridized carbons (Fsp3) is 0.133. The summed E-state index contributed by atoms with van der Waals surface area (Å²) >= 11 is 0. The summed E-state index contributed by atoms with van der Waals surface area (Å²) in [6.07, 6.45) is 0. The molecule has 0 saturated heterocycles. The fourth-order valence-corrected chi connectivity index (χ4v) is 2.04. The summed E-state index contributed by atoms with van der Waals surface area (Å²) in [5.74, 6) is -1.12. The van der Waals surface area contributed by atoms with Gasteiger partial charge in [-0.05, 0) is 49.2 Å². The maximum absolute atomic E-state index is 13.2. The van der Waals surface area contributed by atoms with Crippen LogP contribution in [0.5, 0.6) is 0 Å². The van der Waals surface area contributed by atoms with E-state index in [4.69, 9.17) is 0 Å². The van der Waals surface area contributed by atoms with Crippen molar-refractivity contribution in [1.29, 1.82) is 0 Å². The Hall–Kier alpha value is -2.03. The molecule has 0 N–H and O–H groups in total. The van der Waals surface area contributed by atoms with Gasteiger partial charge in [-0.3, -0.25) is 4.79 Å². The molecular weight excluding hydrogens is 234 g/mol. The Labute approximate surface area is 104 Å². The summed E-state index contributed by atoms with van der Waals surface area (Å²) in [4.78, 5) is 12.3. The van der Waals surface area contributed by atoms with E-state index >= 15 is 0 Å². The number of carbonyl (C=O) groups is 1. The van der Waals surface area contributed by atoms with Crippen molar-refractivity contribution in [3.05, 3.63) is 70.3 Å². The molecule has 0 bridgehead atoms. The van der Waals surface area contributed by atoms with Gasteiger partial charge < -0.3 is 0 Å². The maximum Gasteiger partial charge on any atom is 0.193 e. The minimum absolute atomic E-state index is 0.271. The molecule has 2 aromatic carbocycles. The number of hydrogen-bond donors (Lipinski definition) is 0. The number of ketones is 1. The maximum atomic E-state index is 13.2. The van der Waals surface area contributed by atoms with Crippen LogP contribution in [0.2, 0.25) is 0 Å². The summed E-state index contributed by atoms with van der Waals surface area (Å²) < 4.78 is 26.3. The number of benzene rings is 2. The molecule has 0 aromatic heterocycles. The number of rotatable bonds is 2. The Bertz CT molecular complexity index is 595. The first-order valence-electron chi connectivity index (χ1n) is 5.56. The van der Waals surface area contributed by atoms with Crippen LogP contribution in [-0.2, 0) is 0 Å². The number of halogens is 2. The van der Waals surface area contributed by atoms with E-state index in [-0.39, 0.29) is 17.2 Å². The van der Waals surface area contributed by atoms with Gasteiger partial charge in [-0.1, -0.05) is 12.1 Å². The standard InChI is InChI=1S/C15H12F2O/c1-9-6-13(17)7-10(2)14(9)15(18)11-4-3-5-12(16)8-11/h3-8H,1-2H3. The van der Waals surface area contributed by atoms with Crippen molar-refractivity contribution < 1.29 is 13.6 Å². The van der Waals surface area contributed by atoms with E-state index in [9.17, 15) is 13.6 Å². The summed E-state index contributed by atoms with van der Waals surface area (Å²) in [6, 6.07) is 8.11. The average Bonchev–Trinajstić information content (AvgIpc) is 2.27. The Morgan fingerprint density at radius 2 is 1.56 bits per heavy atom. The van der Waals surface area contributed by atoms with E-state index in [2.05, 4.69) is 0 Å². The molecule has 0 unspecified atom stereocenters. The molecule has 2 aromatic rings. The topological polar surface area (TPSA) is 17.1 Å². The molecule has 2 rings (SSSR count). The quantitative estimate of drug-likeness (QED) is 0.736. The monoisotopic (exact) mass is 246 g/mol. The molecule has 0 aliphatic carbocycles. The lowest BCUT2D eigenvalue weighted by molar-refractivity contribution is 0.103. The zero-order valence-electron chi connectivity index (χ0n) is 10.1. The highest BCUT2D eigenvalue weighted by molar-refractivity contribution is 6.10. The minimum Gasteiger partial charge on any atom is -0.289 e. The smallest absolute Gasteiger partial charge is 0.193 e. The van der Waals surface area contributed by atoms with Crippen LogP contribution in [-0.4, -0.2) is 5.78 Å². The van der Waals surface area contributed by atoms with Gasteiger partial charge in [0.2, 0.25) is 0 Å². The van der Waals surface area contributed by atoms with Gasteiger partial charge in [-0.2, -0.15) is 0 Å². The van der Waals surface area contributed by atoms with Gasteiger partial charge in [0.05, 0.1) is 0 Å². The van der Waals surface area contributed by atoms with Crippen molar-refractivity contribution in [3.63, 3.8) is 0 Å². The van der Waals surface area contributed by atoms with Crippen molar-refractivity contribution in [2.45, 2.75) is 13.8 Å². The molecule has 0 radical (unpaired) electrons. The van der Waals surface area contributed by atoms with Crippen LogP contribution in [0.3, 0.4) is 0 Å². The predicted molar refractivity (Wildman–Crippen MR) is 65.7 cm³/mol. The zero-order valence-corrected chi connectivity index (χ0v) is 10.1. The van der Waals surface area contributed by atoms with E-state index < -0.39 is 5.82 Å². The molecule has 0 saturated carbocycles. The van der Waals surface area contributed by atoms with E-state index in [1.165, 1.54) is 30.3 Å². The third-order valence-electron chi connectivity index (χ3n) is 2.81. The number of carbonyl (C=O) groups excluding carboxylic acids is 1. The van der Waals surface area contributed by atoms with Crippen LogP contribution < -0.4 is 0 Å². The second-order valence-corrected chi connectivity index (χ2v) is 4.25. The Morgan fingerprint density at radius 1 is 0.944 bits per heavy atom. The second kappa shape index (κ2) is 4.69. The summed E-state index contributed by atoms with van der Waals surface area (Å²) in [5, 5.41) is 0. The Morgan fingerprint density at radius 3 is 2.11 bits per heavy atom. The van der Waals surface area contributed by atoms with Crippen molar-refractivity contribution in [1.82, 2.24) is 0 Å². The highest BCUT2D eigenvalue weighted by atomic mass is 19.1. The lowest BCUT2D eigenvalue weighted by Crippen LogP contribution is -2.07. The molecule has 0 atom stereocenters. The minimum atomic E-state index is -0.460. The lowest BCUT2D eigenvalue weighted by Gasteiger charge is -2.09. The first-order chi connectivity index (χ1) is 8.49. The average molecular weight is 246 g/mol. The molecule has 0 spiro atoms. The number of hydrogen-bond acceptors (Lipinski definition) is 1. The largest absolute Gasteiger partial charge is 0.289 e. The molecule has 1 nitrogen and oxygen atoms in total. The molecule has 3 heteroatoms. The molecule has 92 valence electrons. The van der Waals surface area contributed by atoms with Crippen LogP contribution in [0.4, 0.5) is 8.78 Å². The van der Waals surface area contributed by atoms with Crippen molar-refractivity contribution in [2.75, 3.05) is 0 Å². The van der Waals surface area contributed by atoms with Crippen LogP contribution in [0, 0.1) is 25.5 Å². The van der Waals surface area contributed by atoms with Gasteiger partial charge in [0.15, 0.2) is 5.78 Å². The van der Waals surface area contributed by atoms with Crippen molar-refractivity contribution >= 4 is 5.78 Å². The molecule has 0 heterocycles. The molecule has 18 heavy (non-hydrogen) atoms. The molecule has 0 aliphatic heterocycles. The van der Waals surface area contributed by atoms with Crippen LogP contribution in [0.15, 0.2) is 36.4 Å². The first-order valence-corrected chi connectivity index (χ1v) is 5.56. The third-order valence-corrected chi connectivity index (χ3v) is 2.81. The lowest BCUT2D eigenvalue weighted by atomic mass is 9.95.